The lowest BCUT2D eigenvalue weighted by Crippen LogP contribution is -2.40. The van der Waals surface area contributed by atoms with Crippen LogP contribution in [0.1, 0.15) is 36.6 Å². The van der Waals surface area contributed by atoms with Crippen molar-refractivity contribution in [3.05, 3.63) is 77.4 Å². The Hall–Kier alpha value is -3.34. The summed E-state index contributed by atoms with van der Waals surface area (Å²) in [5.74, 6) is -1.28. The van der Waals surface area contributed by atoms with E-state index in [-0.39, 0.29) is 34.7 Å². The van der Waals surface area contributed by atoms with Gasteiger partial charge in [-0.1, -0.05) is 18.2 Å². The maximum Gasteiger partial charge on any atom is 0.261 e. The molecule has 0 radical (unpaired) electrons. The van der Waals surface area contributed by atoms with Crippen molar-refractivity contribution in [3.8, 4) is 0 Å². The van der Waals surface area contributed by atoms with Gasteiger partial charge in [-0.25, -0.2) is 8.42 Å². The fourth-order valence-electron chi connectivity index (χ4n) is 3.73. The van der Waals surface area contributed by atoms with Crippen molar-refractivity contribution in [2.45, 2.75) is 11.4 Å². The number of ether oxygens (including phenoxy) is 1. The number of fused-ring (bicyclic) bond motifs is 1. The minimum atomic E-state index is -3.58. The zero-order valence-electron chi connectivity index (χ0n) is 17.8. The fraction of sp³-hybridized carbons (Fsp3) is 0.261. The van der Waals surface area contributed by atoms with Crippen LogP contribution in [0.15, 0.2) is 60.0 Å². The number of nitrogens with one attached hydrogen (secondary N) is 1. The Morgan fingerprint density at radius 3 is 2.36 bits per heavy atom. The first-order valence-electron chi connectivity index (χ1n) is 10.4. The van der Waals surface area contributed by atoms with E-state index in [1.54, 1.807) is 12.1 Å². The number of amides is 3. The van der Waals surface area contributed by atoms with Gasteiger partial charge in [-0.2, -0.15) is 4.31 Å². The summed E-state index contributed by atoms with van der Waals surface area (Å²) in [5.41, 5.74) is 1.42. The monoisotopic (exact) mass is 469 g/mol. The van der Waals surface area contributed by atoms with Gasteiger partial charge >= 0.3 is 0 Å². The maximum absolute atomic E-state index is 12.7. The minimum absolute atomic E-state index is 0.102. The molecular weight excluding hydrogens is 446 g/mol. The summed E-state index contributed by atoms with van der Waals surface area (Å²) in [5, 5.41) is 2.75. The molecular formula is C23H23N3O6S. The molecule has 10 heteroatoms. The molecule has 1 fully saturated rings. The first-order valence-corrected chi connectivity index (χ1v) is 11.8. The second-order valence-electron chi connectivity index (χ2n) is 7.61. The number of sulfonamides is 1. The van der Waals surface area contributed by atoms with Gasteiger partial charge in [-0.05, 0) is 35.9 Å². The third-order valence-corrected chi connectivity index (χ3v) is 7.44. The molecule has 1 saturated heterocycles. The number of carbonyl (C=O) groups excluding carboxylic acids is 3. The van der Waals surface area contributed by atoms with E-state index in [2.05, 4.69) is 11.9 Å². The van der Waals surface area contributed by atoms with Gasteiger partial charge in [-0.15, -0.1) is 6.58 Å². The lowest BCUT2D eigenvalue weighted by atomic mass is 10.1. The van der Waals surface area contributed by atoms with Crippen molar-refractivity contribution in [1.29, 1.82) is 0 Å². The van der Waals surface area contributed by atoms with Gasteiger partial charge in [-0.3, -0.25) is 19.3 Å². The number of hydrogen-bond donors (Lipinski definition) is 1. The largest absolute Gasteiger partial charge is 0.379 e. The zero-order chi connectivity index (χ0) is 23.6. The number of nitrogens with zero attached hydrogens (tertiary/aromatic N) is 2. The molecule has 2 aromatic carbocycles. The topological polar surface area (TPSA) is 113 Å². The molecule has 33 heavy (non-hydrogen) atoms. The summed E-state index contributed by atoms with van der Waals surface area (Å²) in [4.78, 5) is 38.6. The Kier molecular flexibility index (Phi) is 6.41. The molecule has 0 atom stereocenters. The third kappa shape index (κ3) is 4.45. The molecule has 0 aromatic heterocycles. The van der Waals surface area contributed by atoms with Crippen molar-refractivity contribution < 1.29 is 27.5 Å². The number of rotatable bonds is 7. The van der Waals surface area contributed by atoms with Crippen LogP contribution in [-0.4, -0.2) is 68.2 Å². The highest BCUT2D eigenvalue weighted by Crippen LogP contribution is 2.24. The molecule has 0 saturated carbocycles. The Morgan fingerprint density at radius 1 is 1.03 bits per heavy atom. The Labute approximate surface area is 191 Å². The molecule has 172 valence electrons. The number of morpholine rings is 1. The highest BCUT2D eigenvalue weighted by molar-refractivity contribution is 7.89. The smallest absolute Gasteiger partial charge is 0.261 e. The van der Waals surface area contributed by atoms with Gasteiger partial charge in [0.05, 0.1) is 29.2 Å². The molecule has 0 aliphatic carbocycles. The molecule has 4 rings (SSSR count). The second kappa shape index (κ2) is 9.26. The first-order chi connectivity index (χ1) is 15.8. The number of imide groups is 1. The van der Waals surface area contributed by atoms with Gasteiger partial charge in [0.15, 0.2) is 0 Å². The third-order valence-electron chi connectivity index (χ3n) is 5.53. The van der Waals surface area contributed by atoms with Gasteiger partial charge in [0.2, 0.25) is 10.0 Å². The molecule has 2 heterocycles. The molecule has 0 spiro atoms. The summed E-state index contributed by atoms with van der Waals surface area (Å²) in [6.07, 6.45) is 1.47. The summed E-state index contributed by atoms with van der Waals surface area (Å²) >= 11 is 0. The van der Waals surface area contributed by atoms with Gasteiger partial charge < -0.3 is 10.1 Å². The predicted octanol–water partition coefficient (Wildman–Crippen LogP) is 1.42. The molecule has 2 aliphatic rings. The standard InChI is InChI=1S/C23H23N3O6S/c1-2-9-26-22(28)19-8-5-17(14-20(19)23(26)29)21(27)24-15-16-3-6-18(7-4-16)33(30,31)25-10-12-32-13-11-25/h2-8,14H,1,9-13,15H2,(H,24,27). The Balaban J connectivity index is 1.41. The van der Waals surface area contributed by atoms with Gasteiger partial charge in [0.25, 0.3) is 17.7 Å². The summed E-state index contributed by atoms with van der Waals surface area (Å²) in [6, 6.07) is 10.7. The molecule has 0 bridgehead atoms. The number of hydrogen-bond acceptors (Lipinski definition) is 6. The Morgan fingerprint density at radius 2 is 1.70 bits per heavy atom. The maximum atomic E-state index is 12.7. The van der Waals surface area contributed by atoms with E-state index in [9.17, 15) is 22.8 Å². The van der Waals surface area contributed by atoms with Crippen LogP contribution in [0.3, 0.4) is 0 Å². The average Bonchev–Trinajstić information content (AvgIpc) is 3.08. The molecule has 2 aromatic rings. The lowest BCUT2D eigenvalue weighted by Gasteiger charge is -2.26. The second-order valence-corrected chi connectivity index (χ2v) is 9.55. The molecule has 9 nitrogen and oxygen atoms in total. The molecule has 1 N–H and O–H groups in total. The van der Waals surface area contributed by atoms with Crippen molar-refractivity contribution >= 4 is 27.7 Å². The van der Waals surface area contributed by atoms with E-state index in [4.69, 9.17) is 4.74 Å². The fourth-order valence-corrected chi connectivity index (χ4v) is 5.13. The van der Waals surface area contributed by atoms with Crippen LogP contribution < -0.4 is 5.32 Å². The molecule has 3 amide bonds. The van der Waals surface area contributed by atoms with E-state index >= 15 is 0 Å². The van der Waals surface area contributed by atoms with Crippen molar-refractivity contribution in [1.82, 2.24) is 14.5 Å². The quantitative estimate of drug-likeness (QED) is 0.485. The van der Waals surface area contributed by atoms with Crippen LogP contribution in [0.2, 0.25) is 0 Å². The molecule has 2 aliphatic heterocycles. The first kappa shape index (κ1) is 22.8. The van der Waals surface area contributed by atoms with Crippen LogP contribution in [0.25, 0.3) is 0 Å². The summed E-state index contributed by atoms with van der Waals surface area (Å²) < 4.78 is 32.0. The van der Waals surface area contributed by atoms with Crippen LogP contribution >= 0.6 is 0 Å². The van der Waals surface area contributed by atoms with E-state index in [1.165, 1.54) is 40.7 Å². The van der Waals surface area contributed by atoms with E-state index < -0.39 is 27.7 Å². The SMILES string of the molecule is C=CCN1C(=O)c2ccc(C(=O)NCc3ccc(S(=O)(=O)N4CCOCC4)cc3)cc2C1=O. The zero-order valence-corrected chi connectivity index (χ0v) is 18.6. The predicted molar refractivity (Wildman–Crippen MR) is 119 cm³/mol. The van der Waals surface area contributed by atoms with Crippen molar-refractivity contribution in [2.75, 3.05) is 32.8 Å². The highest BCUT2D eigenvalue weighted by atomic mass is 32.2. The normalized spacial score (nSPS) is 16.5. The van der Waals surface area contributed by atoms with Crippen molar-refractivity contribution in [2.24, 2.45) is 0 Å². The summed E-state index contributed by atoms with van der Waals surface area (Å²) in [7, 11) is -3.58. The highest BCUT2D eigenvalue weighted by Gasteiger charge is 2.35. The van der Waals surface area contributed by atoms with E-state index in [0.29, 0.717) is 31.9 Å². The summed E-state index contributed by atoms with van der Waals surface area (Å²) in [6.45, 7) is 5.20. The van der Waals surface area contributed by atoms with Crippen LogP contribution in [0.4, 0.5) is 0 Å². The number of carbonyl (C=O) groups is 3. The molecule has 0 unspecified atom stereocenters. The number of benzene rings is 2. The van der Waals surface area contributed by atoms with Gasteiger partial charge in [0.1, 0.15) is 0 Å². The van der Waals surface area contributed by atoms with Crippen LogP contribution in [0.5, 0.6) is 0 Å². The van der Waals surface area contributed by atoms with Crippen LogP contribution in [-0.2, 0) is 21.3 Å². The van der Waals surface area contributed by atoms with Gasteiger partial charge in [0, 0.05) is 31.7 Å². The van der Waals surface area contributed by atoms with Crippen molar-refractivity contribution in [3.63, 3.8) is 0 Å². The minimum Gasteiger partial charge on any atom is -0.379 e. The van der Waals surface area contributed by atoms with E-state index in [1.807, 2.05) is 0 Å². The van der Waals surface area contributed by atoms with Crippen LogP contribution in [0, 0.1) is 0 Å². The van der Waals surface area contributed by atoms with E-state index in [0.717, 1.165) is 4.90 Å². The lowest BCUT2D eigenvalue weighted by molar-refractivity contribution is 0.0671. The average molecular weight is 470 g/mol. The Bertz CT molecular complexity index is 1220.